The largest absolute Gasteiger partial charge is 0.197 e. The maximum absolute atomic E-state index is 4.91. The topological polar surface area (TPSA) is 21.7 Å². The van der Waals surface area contributed by atoms with E-state index in [0.717, 1.165) is 17.8 Å². The van der Waals surface area contributed by atoms with Crippen LogP contribution in [-0.2, 0) is 12.6 Å². The fourth-order valence-electron chi connectivity index (χ4n) is 5.87. The molecule has 1 aromatic carbocycles. The van der Waals surface area contributed by atoms with Gasteiger partial charge in [-0.05, 0) is 56.3 Å². The van der Waals surface area contributed by atoms with Crippen molar-refractivity contribution in [3.05, 3.63) is 36.5 Å². The van der Waals surface area contributed by atoms with Crippen LogP contribution < -0.4 is 4.68 Å². The minimum atomic E-state index is 0.319. The molecule has 0 radical (unpaired) electrons. The molecule has 1 heterocycles. The van der Waals surface area contributed by atoms with Crippen molar-refractivity contribution in [2.75, 3.05) is 0 Å². The van der Waals surface area contributed by atoms with E-state index in [0.29, 0.717) is 5.54 Å². The van der Waals surface area contributed by atoms with Crippen molar-refractivity contribution in [2.24, 2.45) is 24.8 Å². The molecular formula is C19H24N3+. The van der Waals surface area contributed by atoms with Gasteiger partial charge in [-0.1, -0.05) is 30.3 Å². The second-order valence-electron chi connectivity index (χ2n) is 7.98. The third-order valence-electron chi connectivity index (χ3n) is 6.39. The number of rotatable bonds is 2. The summed E-state index contributed by atoms with van der Waals surface area (Å²) in [6.45, 7) is 0. The fourth-order valence-corrected chi connectivity index (χ4v) is 5.87. The molecule has 4 bridgehead atoms. The van der Waals surface area contributed by atoms with Gasteiger partial charge in [-0.15, -0.1) is 9.36 Å². The Morgan fingerprint density at radius 1 is 1.00 bits per heavy atom. The molecule has 4 saturated carbocycles. The summed E-state index contributed by atoms with van der Waals surface area (Å²) in [7, 11) is 2.08. The molecule has 2 aromatic rings. The van der Waals surface area contributed by atoms with E-state index in [9.17, 15) is 0 Å². The number of nitrogens with zero attached hydrogens (tertiary/aromatic N) is 3. The van der Waals surface area contributed by atoms with E-state index in [4.69, 9.17) is 5.21 Å². The predicted octanol–water partition coefficient (Wildman–Crippen LogP) is 3.30. The third kappa shape index (κ3) is 1.81. The minimum Gasteiger partial charge on any atom is -0.133 e. The summed E-state index contributed by atoms with van der Waals surface area (Å²) in [6, 6.07) is 10.7. The molecule has 3 heteroatoms. The molecule has 22 heavy (non-hydrogen) atoms. The van der Waals surface area contributed by atoms with E-state index < -0.39 is 0 Å². The number of aryl methyl sites for hydroxylation is 1. The Morgan fingerprint density at radius 2 is 1.59 bits per heavy atom. The standard InChI is InChI=1S/C19H24N3/c1-21-18(17-5-3-2-4-6-17)13-22(20-21)19-10-14-7-15(11-19)9-16(8-14)12-19/h2-6,13-16H,7-12H2,1H3/q+1. The number of benzene rings is 1. The van der Waals surface area contributed by atoms with Gasteiger partial charge in [-0.2, -0.15) is 0 Å². The molecule has 0 amide bonds. The van der Waals surface area contributed by atoms with E-state index >= 15 is 0 Å². The van der Waals surface area contributed by atoms with Gasteiger partial charge in [-0.25, -0.2) is 0 Å². The van der Waals surface area contributed by atoms with E-state index in [1.807, 2.05) is 0 Å². The molecule has 0 atom stereocenters. The van der Waals surface area contributed by atoms with Gasteiger partial charge < -0.3 is 0 Å². The highest BCUT2D eigenvalue weighted by atomic mass is 15.5. The second kappa shape index (κ2) is 4.43. The van der Waals surface area contributed by atoms with Crippen molar-refractivity contribution in [2.45, 2.75) is 44.1 Å². The van der Waals surface area contributed by atoms with E-state index in [1.54, 1.807) is 0 Å². The Labute approximate surface area is 131 Å². The molecule has 1 aromatic heterocycles. The first-order chi connectivity index (χ1) is 10.7. The summed E-state index contributed by atoms with van der Waals surface area (Å²) in [6.07, 6.45) is 10.8. The van der Waals surface area contributed by atoms with Crippen LogP contribution in [0.1, 0.15) is 38.5 Å². The first-order valence-corrected chi connectivity index (χ1v) is 8.74. The average molecular weight is 294 g/mol. The highest BCUT2D eigenvalue weighted by Crippen LogP contribution is 2.56. The summed E-state index contributed by atoms with van der Waals surface area (Å²) in [5.74, 6) is 2.88. The van der Waals surface area contributed by atoms with Gasteiger partial charge in [-0.3, -0.25) is 0 Å². The maximum Gasteiger partial charge on any atom is 0.197 e. The Kier molecular flexibility index (Phi) is 2.59. The van der Waals surface area contributed by atoms with Crippen molar-refractivity contribution in [1.82, 2.24) is 9.90 Å². The lowest BCUT2D eigenvalue weighted by molar-refractivity contribution is -0.826. The highest BCUT2D eigenvalue weighted by molar-refractivity contribution is 5.57. The monoisotopic (exact) mass is 294 g/mol. The van der Waals surface area contributed by atoms with Crippen LogP contribution in [0.4, 0.5) is 0 Å². The van der Waals surface area contributed by atoms with Gasteiger partial charge in [0.1, 0.15) is 12.6 Å². The second-order valence-corrected chi connectivity index (χ2v) is 7.98. The first kappa shape index (κ1) is 12.9. The van der Waals surface area contributed by atoms with Gasteiger partial charge in [0.2, 0.25) is 0 Å². The molecule has 114 valence electrons. The molecule has 6 rings (SSSR count). The summed E-state index contributed by atoms with van der Waals surface area (Å²) in [4.78, 5) is 0. The number of aromatic nitrogens is 3. The Hall–Kier alpha value is -1.64. The van der Waals surface area contributed by atoms with Crippen LogP contribution >= 0.6 is 0 Å². The molecule has 4 aliphatic carbocycles. The van der Waals surface area contributed by atoms with Crippen LogP contribution in [-0.4, -0.2) is 9.90 Å². The van der Waals surface area contributed by atoms with Crippen LogP contribution in [0.5, 0.6) is 0 Å². The molecule has 0 unspecified atom stereocenters. The average Bonchev–Trinajstić information content (AvgIpc) is 2.90. The first-order valence-electron chi connectivity index (χ1n) is 8.74. The molecule has 4 aliphatic rings. The highest BCUT2D eigenvalue weighted by Gasteiger charge is 2.55. The van der Waals surface area contributed by atoms with Crippen LogP contribution in [0.3, 0.4) is 0 Å². The van der Waals surface area contributed by atoms with Crippen LogP contribution in [0.2, 0.25) is 0 Å². The van der Waals surface area contributed by atoms with Crippen molar-refractivity contribution in [1.29, 1.82) is 0 Å². The fraction of sp³-hybridized carbons (Fsp3) is 0.579. The number of hydrogen-bond acceptors (Lipinski definition) is 1. The van der Waals surface area contributed by atoms with Gasteiger partial charge in [0, 0.05) is 5.56 Å². The minimum absolute atomic E-state index is 0.319. The molecule has 0 N–H and O–H groups in total. The summed E-state index contributed by atoms with van der Waals surface area (Å²) in [5.41, 5.74) is 2.82. The van der Waals surface area contributed by atoms with E-state index in [1.165, 1.54) is 49.8 Å². The van der Waals surface area contributed by atoms with Crippen molar-refractivity contribution >= 4 is 0 Å². The quantitative estimate of drug-likeness (QED) is 0.779. The zero-order chi connectivity index (χ0) is 14.7. The van der Waals surface area contributed by atoms with Gasteiger partial charge in [0.05, 0.1) is 5.21 Å². The predicted molar refractivity (Wildman–Crippen MR) is 85.0 cm³/mol. The summed E-state index contributed by atoms with van der Waals surface area (Å²) < 4.78 is 4.41. The Morgan fingerprint density at radius 3 is 2.18 bits per heavy atom. The lowest BCUT2D eigenvalue weighted by Crippen LogP contribution is -2.65. The lowest BCUT2D eigenvalue weighted by atomic mass is 9.53. The lowest BCUT2D eigenvalue weighted by Gasteiger charge is -2.53. The third-order valence-corrected chi connectivity index (χ3v) is 6.39. The van der Waals surface area contributed by atoms with Crippen LogP contribution in [0, 0.1) is 17.8 Å². The molecule has 0 spiro atoms. The number of hydrogen-bond donors (Lipinski definition) is 0. The molecular weight excluding hydrogens is 270 g/mol. The SMILES string of the molecule is Cn1n[n+](C23CC4CC(CC(C4)C2)C3)cc1-c1ccccc1. The van der Waals surface area contributed by atoms with E-state index in [2.05, 4.69) is 52.9 Å². The zero-order valence-electron chi connectivity index (χ0n) is 13.3. The Bertz CT molecular complexity index is 665. The molecule has 0 saturated heterocycles. The Balaban J connectivity index is 1.57. The van der Waals surface area contributed by atoms with Gasteiger partial charge >= 0.3 is 0 Å². The summed E-state index contributed by atoms with van der Waals surface area (Å²) in [5, 5.41) is 4.91. The van der Waals surface area contributed by atoms with Gasteiger partial charge in [0.15, 0.2) is 11.9 Å². The summed E-state index contributed by atoms with van der Waals surface area (Å²) >= 11 is 0. The van der Waals surface area contributed by atoms with Crippen LogP contribution in [0.15, 0.2) is 36.5 Å². The molecule has 3 nitrogen and oxygen atoms in total. The molecule has 4 fully saturated rings. The van der Waals surface area contributed by atoms with Crippen molar-refractivity contribution in [3.8, 4) is 11.3 Å². The van der Waals surface area contributed by atoms with Crippen LogP contribution in [0.25, 0.3) is 11.3 Å². The van der Waals surface area contributed by atoms with Crippen molar-refractivity contribution < 1.29 is 4.68 Å². The van der Waals surface area contributed by atoms with Crippen molar-refractivity contribution in [3.63, 3.8) is 0 Å². The normalized spacial score (nSPS) is 36.0. The van der Waals surface area contributed by atoms with Gasteiger partial charge in [0.25, 0.3) is 0 Å². The zero-order valence-corrected chi connectivity index (χ0v) is 13.3. The maximum atomic E-state index is 4.91. The smallest absolute Gasteiger partial charge is 0.133 e. The van der Waals surface area contributed by atoms with E-state index in [-0.39, 0.29) is 0 Å². The molecule has 0 aliphatic heterocycles.